The first kappa shape index (κ1) is 64.6. The Labute approximate surface area is 547 Å². The first-order valence-electron chi connectivity index (χ1n) is 31.6. The standard InChI is InChI=1S/C38H45BF2N6O8S.C24H32BrFN6O3S/c1-37(2,3)55-36(48)47-24-7-8-25(47)19-45(18-24)32-31-33(44-34(43-32)52-20-38-11-5-13-46(38)17-23(40)16-38)56-35(42-31)54-29-15-26(53-21-51-4)14-22-6-9-28(41)27(30(22)29)10-12-39(49)50;1-23(2,3)35-22(33)32-15-5-6-16(32)12-30(11-15)18-17-19(36-20(25)27-17)29-21(28-18)34-13-24-7-4-8-31(24)10-14(26)9-24/h6,9-10,12,14-15,23-25,49-50H,5,7-8,11,13,16-21H2,1-4H3;14-16H,4-13H2,1-3H3/b12-10+;/t23-,24?,25?,38+;14-,15?,16?,24+/m11/s1. The maximum absolute atomic E-state index is 15.3. The predicted molar refractivity (Wildman–Crippen MR) is 345 cm³/mol. The third-order valence-corrected chi connectivity index (χ3v) is 20.9. The van der Waals surface area contributed by atoms with Crippen LogP contribution in [0.15, 0.2) is 34.2 Å². The number of aromatic nitrogens is 6. The molecule has 6 aromatic rings. The number of anilines is 2. The van der Waals surface area contributed by atoms with E-state index in [4.69, 9.17) is 53.1 Å². The highest BCUT2D eigenvalue weighted by Crippen LogP contribution is 2.46. The van der Waals surface area contributed by atoms with Gasteiger partial charge in [0, 0.05) is 76.2 Å². The Balaban J connectivity index is 0.000000184. The van der Waals surface area contributed by atoms with Gasteiger partial charge >= 0.3 is 31.3 Å². The summed E-state index contributed by atoms with van der Waals surface area (Å²) in [5.74, 6) is 2.27. The molecule has 2 N–H and O–H groups in total. The lowest BCUT2D eigenvalue weighted by atomic mass is 9.89. The predicted octanol–water partition coefficient (Wildman–Crippen LogP) is 10.1. The summed E-state index contributed by atoms with van der Waals surface area (Å²) in [6.07, 6.45) is 7.15. The van der Waals surface area contributed by atoms with Crippen molar-refractivity contribution in [2.24, 2.45) is 0 Å². The molecule has 4 unspecified atom stereocenters. The van der Waals surface area contributed by atoms with E-state index < -0.39 is 42.0 Å². The molecular weight excluding hydrogens is 1300 g/mol. The van der Waals surface area contributed by atoms with Crippen molar-refractivity contribution in [3.63, 3.8) is 0 Å². The first-order valence-corrected chi connectivity index (χ1v) is 34.0. The molecule has 2 aromatic carbocycles. The van der Waals surface area contributed by atoms with E-state index in [0.29, 0.717) is 97.4 Å². The summed E-state index contributed by atoms with van der Waals surface area (Å²) in [6, 6.07) is 6.45. The van der Waals surface area contributed by atoms with E-state index in [0.717, 1.165) is 102 Å². The van der Waals surface area contributed by atoms with Gasteiger partial charge in [-0.05, 0) is 139 Å². The molecule has 494 valence electrons. The summed E-state index contributed by atoms with van der Waals surface area (Å²) >= 11 is 6.09. The second-order valence-electron chi connectivity index (χ2n) is 27.4. The van der Waals surface area contributed by atoms with Crippen LogP contribution >= 0.6 is 38.6 Å². The molecule has 23 nitrogen and oxygen atoms in total. The Morgan fingerprint density at radius 2 is 1.22 bits per heavy atom. The van der Waals surface area contributed by atoms with Crippen LogP contribution in [0.25, 0.3) is 37.5 Å². The number of piperazine rings is 2. The molecule has 0 saturated carbocycles. The molecule has 8 aliphatic rings. The molecular formula is C62H77BBrF3N12O11S2. The van der Waals surface area contributed by atoms with Crippen LogP contribution in [-0.2, 0) is 14.2 Å². The summed E-state index contributed by atoms with van der Waals surface area (Å²) in [4.78, 5) is 68.6. The van der Waals surface area contributed by atoms with Crippen molar-refractivity contribution in [1.29, 1.82) is 0 Å². The van der Waals surface area contributed by atoms with Gasteiger partial charge in [-0.3, -0.25) is 19.6 Å². The van der Waals surface area contributed by atoms with Crippen molar-refractivity contribution < 1.29 is 66.0 Å². The molecule has 8 aliphatic heterocycles. The highest BCUT2D eigenvalue weighted by molar-refractivity contribution is 9.11. The van der Waals surface area contributed by atoms with Gasteiger partial charge in [-0.15, -0.1) is 0 Å². The average Bonchev–Trinajstić information content (AvgIpc) is 1.51. The number of amides is 2. The van der Waals surface area contributed by atoms with Gasteiger partial charge in [0.05, 0.1) is 35.2 Å². The van der Waals surface area contributed by atoms with Crippen molar-refractivity contribution in [3.05, 3.63) is 45.5 Å². The van der Waals surface area contributed by atoms with Crippen molar-refractivity contribution in [2.75, 3.05) is 89.3 Å². The van der Waals surface area contributed by atoms with E-state index in [1.807, 2.05) is 51.3 Å². The second kappa shape index (κ2) is 25.5. The molecule has 8 fully saturated rings. The quantitative estimate of drug-likeness (QED) is 0.0718. The zero-order valence-electron chi connectivity index (χ0n) is 52.6. The van der Waals surface area contributed by atoms with E-state index in [1.54, 1.807) is 18.2 Å². The number of hydrogen-bond donors (Lipinski definition) is 2. The Hall–Kier alpha value is -6.15. The Morgan fingerprint density at radius 1 is 0.707 bits per heavy atom. The normalized spacial score (nSPS) is 26.3. The van der Waals surface area contributed by atoms with Crippen molar-refractivity contribution in [1.82, 2.24) is 49.5 Å². The number of hydrogen-bond acceptors (Lipinski definition) is 23. The summed E-state index contributed by atoms with van der Waals surface area (Å²) in [5.41, 5.74) is -0.570. The zero-order valence-corrected chi connectivity index (χ0v) is 55.8. The SMILES string of the molecule is CC(C)(C)OC(=O)N1C2CCC1CN(c1nc(OC[C@@]34CCCN3C[C@H](F)C4)nc3sc(Br)nc13)C2.COCOc1cc(Oc2nc3c(N4CC5CCC(C4)N5C(=O)OC(C)(C)C)nc(OC[C@@]45CCCN4C[C@H](F)C5)nc3s2)c2c(/C=C/B(O)O)c(F)ccc2c1. The minimum atomic E-state index is -1.80. The van der Waals surface area contributed by atoms with Gasteiger partial charge < -0.3 is 53.0 Å². The number of benzene rings is 2. The number of thiazole rings is 2. The summed E-state index contributed by atoms with van der Waals surface area (Å²) < 4.78 is 86.2. The lowest BCUT2D eigenvalue weighted by Gasteiger charge is -2.41. The van der Waals surface area contributed by atoms with Crippen LogP contribution in [0.3, 0.4) is 0 Å². The van der Waals surface area contributed by atoms with Gasteiger partial charge in [0.25, 0.3) is 5.19 Å². The van der Waals surface area contributed by atoms with Crippen LogP contribution < -0.4 is 28.7 Å². The van der Waals surface area contributed by atoms with E-state index in [9.17, 15) is 28.4 Å². The maximum atomic E-state index is 15.3. The number of halogens is 4. The van der Waals surface area contributed by atoms with Crippen LogP contribution in [-0.4, -0.2) is 217 Å². The van der Waals surface area contributed by atoms with Crippen LogP contribution in [0.5, 0.6) is 28.7 Å². The minimum absolute atomic E-state index is 0.0489. The number of methoxy groups -OCH3 is 1. The largest absolute Gasteiger partial charge is 0.480 e. The molecule has 0 spiro atoms. The van der Waals surface area contributed by atoms with Crippen molar-refractivity contribution in [3.8, 4) is 28.7 Å². The number of rotatable bonds is 15. The van der Waals surface area contributed by atoms with Crippen LogP contribution in [0.2, 0.25) is 0 Å². The van der Waals surface area contributed by atoms with Gasteiger partial charge in [0.15, 0.2) is 32.0 Å². The molecule has 14 rings (SSSR count). The van der Waals surface area contributed by atoms with Gasteiger partial charge in [-0.2, -0.15) is 24.9 Å². The first-order chi connectivity index (χ1) is 43.9. The van der Waals surface area contributed by atoms with Gasteiger partial charge in [-0.1, -0.05) is 40.8 Å². The summed E-state index contributed by atoms with van der Waals surface area (Å²) in [5, 5.41) is 20.2. The smallest absolute Gasteiger partial charge is 0.467 e. The Morgan fingerprint density at radius 3 is 1.72 bits per heavy atom. The molecule has 4 aromatic heterocycles. The Bertz CT molecular complexity index is 3760. The van der Waals surface area contributed by atoms with Gasteiger partial charge in [0.1, 0.15) is 65.1 Å². The van der Waals surface area contributed by atoms with E-state index >= 15 is 4.39 Å². The summed E-state index contributed by atoms with van der Waals surface area (Å²) in [7, 11) is -0.312. The van der Waals surface area contributed by atoms with Crippen molar-refractivity contribution in [2.45, 2.75) is 165 Å². The molecule has 0 aliphatic carbocycles. The lowest BCUT2D eigenvalue weighted by Crippen LogP contribution is -2.57. The third-order valence-electron chi connectivity index (χ3n) is 18.6. The molecule has 12 heterocycles. The molecule has 8 saturated heterocycles. The van der Waals surface area contributed by atoms with Crippen LogP contribution in [0, 0.1) is 5.82 Å². The number of fused-ring (bicyclic) bond motifs is 9. The highest BCUT2D eigenvalue weighted by atomic mass is 79.9. The minimum Gasteiger partial charge on any atom is -0.467 e. The highest BCUT2D eigenvalue weighted by Gasteiger charge is 2.52. The molecule has 4 bridgehead atoms. The fraction of sp³-hybridized carbons (Fsp3) is 0.613. The molecule has 0 radical (unpaired) electrons. The molecule has 2 amide bonds. The third kappa shape index (κ3) is 13.3. The van der Waals surface area contributed by atoms with Crippen LogP contribution in [0.4, 0.5) is 34.4 Å². The second-order valence-corrected chi connectivity index (χ2v) is 30.6. The number of ether oxygens (including phenoxy) is 7. The van der Waals surface area contributed by atoms with E-state index in [2.05, 4.69) is 45.5 Å². The Kier molecular flexibility index (Phi) is 17.9. The number of nitrogens with zero attached hydrogens (tertiary/aromatic N) is 12. The molecule has 30 heteroatoms. The number of alkyl halides is 2. The number of carbonyl (C=O) groups is 2. The molecule has 92 heavy (non-hydrogen) atoms. The average molecular weight is 1380 g/mol. The van der Waals surface area contributed by atoms with E-state index in [1.165, 1.54) is 30.6 Å². The van der Waals surface area contributed by atoms with Crippen molar-refractivity contribution >= 4 is 107 Å². The van der Waals surface area contributed by atoms with Gasteiger partial charge in [-0.25, -0.2) is 27.7 Å². The van der Waals surface area contributed by atoms with E-state index in [-0.39, 0.29) is 77.8 Å². The monoisotopic (exact) mass is 1380 g/mol. The lowest BCUT2D eigenvalue weighted by molar-refractivity contribution is 0.0111. The topological polar surface area (TPSA) is 236 Å². The fourth-order valence-electron chi connectivity index (χ4n) is 15.0. The summed E-state index contributed by atoms with van der Waals surface area (Å²) in [6.45, 7) is 16.7. The fourth-order valence-corrected chi connectivity index (χ4v) is 17.0. The number of carbonyl (C=O) groups excluding carboxylic acids is 2. The van der Waals surface area contributed by atoms with Gasteiger partial charge in [0.2, 0.25) is 0 Å². The molecule has 8 atom stereocenters. The zero-order chi connectivity index (χ0) is 64.6. The maximum Gasteiger partial charge on any atom is 0.480 e. The van der Waals surface area contributed by atoms with Crippen LogP contribution in [0.1, 0.15) is 111 Å².